The first-order valence-electron chi connectivity index (χ1n) is 9.03. The van der Waals surface area contributed by atoms with E-state index < -0.39 is 4.92 Å². The van der Waals surface area contributed by atoms with Crippen LogP contribution in [0.25, 0.3) is 11.6 Å². The zero-order valence-corrected chi connectivity index (χ0v) is 18.7. The summed E-state index contributed by atoms with van der Waals surface area (Å²) in [5, 5.41) is 21.3. The standard InChI is InChI=1S/C23H16BrClN2O4/c1-30-22-11-17(9-18(13-26)15-6-4-7-19(10-15)27(28)29)20(24)12-23(22)31-14-16-5-2-3-8-21(16)25/h2-12H,14H2,1H3/b18-9-. The minimum absolute atomic E-state index is 0.0846. The largest absolute Gasteiger partial charge is 0.493 e. The summed E-state index contributed by atoms with van der Waals surface area (Å²) in [6, 6.07) is 18.9. The number of allylic oxidation sites excluding steroid dienone is 1. The van der Waals surface area contributed by atoms with Gasteiger partial charge in [-0.2, -0.15) is 5.26 Å². The van der Waals surface area contributed by atoms with E-state index in [1.807, 2.05) is 18.2 Å². The number of nitrogens with zero attached hydrogens (tertiary/aromatic N) is 2. The van der Waals surface area contributed by atoms with Crippen LogP contribution < -0.4 is 9.47 Å². The quantitative estimate of drug-likeness (QED) is 0.157. The zero-order chi connectivity index (χ0) is 22.4. The molecule has 0 aliphatic heterocycles. The van der Waals surface area contributed by atoms with Gasteiger partial charge < -0.3 is 9.47 Å². The van der Waals surface area contributed by atoms with Gasteiger partial charge in [-0.25, -0.2) is 0 Å². The number of ether oxygens (including phenoxy) is 2. The Bertz CT molecular complexity index is 1200. The van der Waals surface area contributed by atoms with Crippen molar-refractivity contribution >= 4 is 44.9 Å². The Balaban J connectivity index is 1.93. The summed E-state index contributed by atoms with van der Waals surface area (Å²) in [5.74, 6) is 0.970. The first kappa shape index (κ1) is 22.3. The fraction of sp³-hybridized carbons (Fsp3) is 0.0870. The molecule has 0 unspecified atom stereocenters. The van der Waals surface area contributed by atoms with Gasteiger partial charge in [0.15, 0.2) is 11.5 Å². The second-order valence-corrected chi connectivity index (χ2v) is 7.64. The summed E-state index contributed by atoms with van der Waals surface area (Å²) in [6.45, 7) is 0.259. The molecule has 0 radical (unpaired) electrons. The molecule has 3 rings (SSSR count). The summed E-state index contributed by atoms with van der Waals surface area (Å²) >= 11 is 9.68. The van der Waals surface area contributed by atoms with Crippen LogP contribution in [0.2, 0.25) is 5.02 Å². The first-order valence-corrected chi connectivity index (χ1v) is 10.2. The van der Waals surface area contributed by atoms with Gasteiger partial charge in [0.1, 0.15) is 6.61 Å². The van der Waals surface area contributed by atoms with Crippen LogP contribution in [-0.4, -0.2) is 12.0 Å². The monoisotopic (exact) mass is 498 g/mol. The Kier molecular flexibility index (Phi) is 7.29. The third kappa shape index (κ3) is 5.43. The van der Waals surface area contributed by atoms with E-state index in [0.29, 0.717) is 32.1 Å². The maximum Gasteiger partial charge on any atom is 0.270 e. The second-order valence-electron chi connectivity index (χ2n) is 6.38. The van der Waals surface area contributed by atoms with E-state index in [4.69, 9.17) is 21.1 Å². The molecule has 0 aliphatic carbocycles. The number of nitriles is 1. The molecule has 8 heteroatoms. The van der Waals surface area contributed by atoms with E-state index in [9.17, 15) is 15.4 Å². The van der Waals surface area contributed by atoms with Crippen LogP contribution in [0.3, 0.4) is 0 Å². The van der Waals surface area contributed by atoms with Crippen molar-refractivity contribution in [2.45, 2.75) is 6.61 Å². The lowest BCUT2D eigenvalue weighted by Gasteiger charge is -2.14. The molecule has 0 N–H and O–H groups in total. The Hall–Kier alpha value is -3.34. The summed E-state index contributed by atoms with van der Waals surface area (Å²) in [7, 11) is 1.52. The van der Waals surface area contributed by atoms with Crippen molar-refractivity contribution < 1.29 is 14.4 Å². The van der Waals surface area contributed by atoms with Crippen molar-refractivity contribution in [2.24, 2.45) is 0 Å². The Labute approximate surface area is 192 Å². The molecule has 6 nitrogen and oxygen atoms in total. The molecule has 3 aromatic rings. The lowest BCUT2D eigenvalue weighted by atomic mass is 10.0. The van der Waals surface area contributed by atoms with Gasteiger partial charge in [-0.05, 0) is 35.4 Å². The van der Waals surface area contributed by atoms with Crippen LogP contribution in [0.1, 0.15) is 16.7 Å². The predicted octanol–water partition coefficient (Wildman–Crippen LogP) is 6.66. The third-order valence-electron chi connectivity index (χ3n) is 4.41. The molecule has 0 fully saturated rings. The second kappa shape index (κ2) is 10.1. The van der Waals surface area contributed by atoms with E-state index >= 15 is 0 Å². The van der Waals surface area contributed by atoms with Crippen LogP contribution in [0.15, 0.2) is 65.1 Å². The third-order valence-corrected chi connectivity index (χ3v) is 5.47. The molecule has 0 atom stereocenters. The molecule has 0 heterocycles. The fourth-order valence-corrected chi connectivity index (χ4v) is 3.45. The van der Waals surface area contributed by atoms with E-state index in [0.717, 1.165) is 5.56 Å². The average molecular weight is 500 g/mol. The van der Waals surface area contributed by atoms with Crippen LogP contribution >= 0.6 is 27.5 Å². The normalized spacial score (nSPS) is 11.0. The van der Waals surface area contributed by atoms with E-state index in [2.05, 4.69) is 22.0 Å². The van der Waals surface area contributed by atoms with Crippen LogP contribution in [0.5, 0.6) is 11.5 Å². The Morgan fingerprint density at radius 2 is 1.97 bits per heavy atom. The minimum Gasteiger partial charge on any atom is -0.493 e. The number of hydrogen-bond acceptors (Lipinski definition) is 5. The molecular formula is C23H16BrClN2O4. The van der Waals surface area contributed by atoms with Gasteiger partial charge >= 0.3 is 0 Å². The molecule has 3 aromatic carbocycles. The topological polar surface area (TPSA) is 85.4 Å². The number of nitro benzene ring substituents is 1. The van der Waals surface area contributed by atoms with Crippen LogP contribution in [0.4, 0.5) is 5.69 Å². The molecule has 0 aliphatic rings. The number of nitro groups is 1. The Morgan fingerprint density at radius 1 is 1.19 bits per heavy atom. The number of methoxy groups -OCH3 is 1. The highest BCUT2D eigenvalue weighted by Gasteiger charge is 2.13. The zero-order valence-electron chi connectivity index (χ0n) is 16.3. The number of rotatable bonds is 7. The number of hydrogen-bond donors (Lipinski definition) is 0. The number of benzene rings is 3. The van der Waals surface area contributed by atoms with Gasteiger partial charge in [-0.15, -0.1) is 0 Å². The molecule has 0 saturated heterocycles. The van der Waals surface area contributed by atoms with Crippen molar-refractivity contribution in [2.75, 3.05) is 7.11 Å². The van der Waals surface area contributed by atoms with E-state index in [-0.39, 0.29) is 17.9 Å². The maximum atomic E-state index is 11.0. The van der Waals surface area contributed by atoms with Crippen molar-refractivity contribution in [3.05, 3.63) is 97.0 Å². The molecular weight excluding hydrogens is 484 g/mol. The lowest BCUT2D eigenvalue weighted by molar-refractivity contribution is -0.384. The van der Waals surface area contributed by atoms with E-state index in [1.54, 1.807) is 36.4 Å². The lowest BCUT2D eigenvalue weighted by Crippen LogP contribution is -1.99. The van der Waals surface area contributed by atoms with Crippen molar-refractivity contribution in [3.63, 3.8) is 0 Å². The number of halogens is 2. The van der Waals surface area contributed by atoms with Crippen molar-refractivity contribution in [1.29, 1.82) is 5.26 Å². The predicted molar refractivity (Wildman–Crippen MR) is 123 cm³/mol. The molecule has 0 bridgehead atoms. The average Bonchev–Trinajstić information content (AvgIpc) is 2.78. The smallest absolute Gasteiger partial charge is 0.270 e. The first-order chi connectivity index (χ1) is 14.9. The molecule has 0 saturated carbocycles. The van der Waals surface area contributed by atoms with Gasteiger partial charge in [-0.1, -0.05) is 57.9 Å². The highest BCUT2D eigenvalue weighted by atomic mass is 79.9. The maximum absolute atomic E-state index is 11.0. The molecule has 156 valence electrons. The molecule has 31 heavy (non-hydrogen) atoms. The Morgan fingerprint density at radius 3 is 2.65 bits per heavy atom. The minimum atomic E-state index is -0.497. The van der Waals surface area contributed by atoms with E-state index in [1.165, 1.54) is 19.2 Å². The van der Waals surface area contributed by atoms with Gasteiger partial charge in [0.25, 0.3) is 5.69 Å². The fourth-order valence-electron chi connectivity index (χ4n) is 2.83. The summed E-state index contributed by atoms with van der Waals surface area (Å²) in [4.78, 5) is 10.5. The summed E-state index contributed by atoms with van der Waals surface area (Å²) in [5.41, 5.74) is 2.13. The molecule has 0 aromatic heterocycles. The van der Waals surface area contributed by atoms with Crippen molar-refractivity contribution in [3.8, 4) is 17.6 Å². The van der Waals surface area contributed by atoms with Crippen LogP contribution in [-0.2, 0) is 6.61 Å². The van der Waals surface area contributed by atoms with Crippen LogP contribution in [0, 0.1) is 21.4 Å². The highest BCUT2D eigenvalue weighted by molar-refractivity contribution is 9.10. The van der Waals surface area contributed by atoms with Gasteiger partial charge in [0.2, 0.25) is 0 Å². The van der Waals surface area contributed by atoms with Gasteiger partial charge in [0.05, 0.1) is 23.7 Å². The molecule has 0 amide bonds. The van der Waals surface area contributed by atoms with Crippen molar-refractivity contribution in [1.82, 2.24) is 0 Å². The SMILES string of the molecule is COc1cc(/C=C(/C#N)c2cccc([N+](=O)[O-])c2)c(Br)cc1OCc1ccccc1Cl. The van der Waals surface area contributed by atoms with Gasteiger partial charge in [-0.3, -0.25) is 10.1 Å². The highest BCUT2D eigenvalue weighted by Crippen LogP contribution is 2.36. The molecule has 0 spiro atoms. The number of non-ortho nitro benzene ring substituents is 1. The summed E-state index contributed by atoms with van der Waals surface area (Å²) < 4.78 is 12.0. The summed E-state index contributed by atoms with van der Waals surface area (Å²) in [6.07, 6.45) is 1.63. The van der Waals surface area contributed by atoms with Gasteiger partial charge in [0, 0.05) is 27.2 Å².